The van der Waals surface area contributed by atoms with Gasteiger partial charge in [-0.05, 0) is 47.2 Å². The van der Waals surface area contributed by atoms with Gasteiger partial charge in [-0.3, -0.25) is 9.97 Å². The summed E-state index contributed by atoms with van der Waals surface area (Å²) in [6.07, 6.45) is 3.54. The van der Waals surface area contributed by atoms with Crippen LogP contribution < -0.4 is 18.9 Å². The molecule has 4 rings (SSSR count). The van der Waals surface area contributed by atoms with Crippen molar-refractivity contribution in [2.75, 3.05) is 28.4 Å². The zero-order chi connectivity index (χ0) is 19.7. The Morgan fingerprint density at radius 2 is 0.893 bits per heavy atom. The maximum absolute atomic E-state index is 5.48. The van der Waals surface area contributed by atoms with E-state index in [2.05, 4.69) is 9.97 Å². The van der Waals surface area contributed by atoms with Crippen molar-refractivity contribution in [3.05, 3.63) is 48.8 Å². The maximum atomic E-state index is 5.48. The molecule has 2 aromatic heterocycles. The van der Waals surface area contributed by atoms with Crippen molar-refractivity contribution in [1.29, 1.82) is 0 Å². The molecule has 2 aromatic carbocycles. The fourth-order valence-electron chi connectivity index (χ4n) is 3.38. The standard InChI is InChI=1S/C22H20N2O4/c1-25-17-9-13-5-7-23-21(15(13)11-19(17)27-3)22-16-12-20(28-4)18(26-2)10-14(16)6-8-24-22/h5-12H,1-4H3. The molecule has 0 amide bonds. The predicted octanol–water partition coefficient (Wildman–Crippen LogP) is 4.48. The molecule has 2 heterocycles. The van der Waals surface area contributed by atoms with Crippen LogP contribution >= 0.6 is 0 Å². The highest BCUT2D eigenvalue weighted by molar-refractivity contribution is 6.04. The summed E-state index contributed by atoms with van der Waals surface area (Å²) in [6.45, 7) is 0. The van der Waals surface area contributed by atoms with Gasteiger partial charge in [-0.1, -0.05) is 0 Å². The van der Waals surface area contributed by atoms with E-state index in [1.165, 1.54) is 0 Å². The fourth-order valence-corrected chi connectivity index (χ4v) is 3.38. The van der Waals surface area contributed by atoms with Crippen LogP contribution in [0.4, 0.5) is 0 Å². The molecule has 0 aliphatic rings. The molecule has 4 aromatic rings. The zero-order valence-electron chi connectivity index (χ0n) is 16.1. The van der Waals surface area contributed by atoms with Gasteiger partial charge in [0, 0.05) is 23.2 Å². The lowest BCUT2D eigenvalue weighted by Crippen LogP contribution is -1.95. The van der Waals surface area contributed by atoms with Crippen LogP contribution in [0.25, 0.3) is 32.9 Å². The van der Waals surface area contributed by atoms with Crippen LogP contribution in [0.15, 0.2) is 48.8 Å². The first-order valence-electron chi connectivity index (χ1n) is 8.72. The van der Waals surface area contributed by atoms with Crippen molar-refractivity contribution in [3.63, 3.8) is 0 Å². The van der Waals surface area contributed by atoms with Crippen LogP contribution in [0.5, 0.6) is 23.0 Å². The quantitative estimate of drug-likeness (QED) is 0.512. The average Bonchev–Trinajstić information content (AvgIpc) is 2.76. The summed E-state index contributed by atoms with van der Waals surface area (Å²) in [5, 5.41) is 3.83. The van der Waals surface area contributed by atoms with Gasteiger partial charge in [-0.25, -0.2) is 0 Å². The van der Waals surface area contributed by atoms with Crippen LogP contribution in [0.1, 0.15) is 0 Å². The van der Waals surface area contributed by atoms with Crippen molar-refractivity contribution in [2.24, 2.45) is 0 Å². The van der Waals surface area contributed by atoms with E-state index in [0.717, 1.165) is 32.9 Å². The molecule has 0 fully saturated rings. The number of nitrogens with zero attached hydrogens (tertiary/aromatic N) is 2. The number of hydrogen-bond acceptors (Lipinski definition) is 6. The highest BCUT2D eigenvalue weighted by atomic mass is 16.5. The minimum absolute atomic E-state index is 0.642. The Morgan fingerprint density at radius 1 is 0.536 bits per heavy atom. The van der Waals surface area contributed by atoms with Crippen molar-refractivity contribution < 1.29 is 18.9 Å². The summed E-state index contributed by atoms with van der Waals surface area (Å²) in [7, 11) is 6.48. The smallest absolute Gasteiger partial charge is 0.161 e. The number of aromatic nitrogens is 2. The predicted molar refractivity (Wildman–Crippen MR) is 109 cm³/mol. The summed E-state index contributed by atoms with van der Waals surface area (Å²) in [5.74, 6) is 2.63. The summed E-state index contributed by atoms with van der Waals surface area (Å²) in [4.78, 5) is 9.25. The first-order chi connectivity index (χ1) is 13.7. The van der Waals surface area contributed by atoms with Gasteiger partial charge >= 0.3 is 0 Å². The highest BCUT2D eigenvalue weighted by Gasteiger charge is 2.16. The first-order valence-corrected chi connectivity index (χ1v) is 8.72. The van der Waals surface area contributed by atoms with E-state index < -0.39 is 0 Å². The van der Waals surface area contributed by atoms with E-state index in [-0.39, 0.29) is 0 Å². The number of ether oxygens (including phenoxy) is 4. The lowest BCUT2D eigenvalue weighted by Gasteiger charge is -2.14. The Kier molecular flexibility index (Phi) is 4.61. The number of rotatable bonds is 5. The van der Waals surface area contributed by atoms with E-state index >= 15 is 0 Å². The minimum atomic E-state index is 0.642. The molecule has 0 atom stereocenters. The van der Waals surface area contributed by atoms with E-state index in [4.69, 9.17) is 18.9 Å². The molecule has 0 aliphatic heterocycles. The summed E-state index contributed by atoms with van der Waals surface area (Å²) in [6, 6.07) is 11.6. The van der Waals surface area contributed by atoms with Crippen molar-refractivity contribution in [2.45, 2.75) is 0 Å². The first kappa shape index (κ1) is 17.9. The second-order valence-corrected chi connectivity index (χ2v) is 6.18. The summed E-state index contributed by atoms with van der Waals surface area (Å²) >= 11 is 0. The second kappa shape index (κ2) is 7.23. The molecule has 142 valence electrons. The van der Waals surface area contributed by atoms with E-state index in [9.17, 15) is 0 Å². The van der Waals surface area contributed by atoms with Gasteiger partial charge in [0.25, 0.3) is 0 Å². The van der Waals surface area contributed by atoms with Crippen LogP contribution in [0.3, 0.4) is 0 Å². The Labute approximate surface area is 162 Å². The molecule has 0 bridgehead atoms. The van der Waals surface area contributed by atoms with Crippen LogP contribution in [-0.2, 0) is 0 Å². The highest BCUT2D eigenvalue weighted by Crippen LogP contribution is 2.39. The van der Waals surface area contributed by atoms with E-state index in [1.807, 2.05) is 36.4 Å². The third kappa shape index (κ3) is 2.83. The lowest BCUT2D eigenvalue weighted by molar-refractivity contribution is 0.356. The average molecular weight is 376 g/mol. The Bertz CT molecular complexity index is 1080. The Balaban J connectivity index is 2.03. The third-order valence-electron chi connectivity index (χ3n) is 4.76. The molecule has 0 spiro atoms. The SMILES string of the molecule is COc1cc2ccnc(-c3nccc4cc(OC)c(OC)cc34)c2cc1OC. The number of benzene rings is 2. The largest absolute Gasteiger partial charge is 0.493 e. The lowest BCUT2D eigenvalue weighted by atomic mass is 10.0. The number of hydrogen-bond donors (Lipinski definition) is 0. The number of fused-ring (bicyclic) bond motifs is 2. The maximum Gasteiger partial charge on any atom is 0.161 e. The monoisotopic (exact) mass is 376 g/mol. The van der Waals surface area contributed by atoms with Gasteiger partial charge in [0.2, 0.25) is 0 Å². The molecule has 28 heavy (non-hydrogen) atoms. The van der Waals surface area contributed by atoms with Crippen molar-refractivity contribution >= 4 is 21.5 Å². The molecule has 0 N–H and O–H groups in total. The molecular formula is C22H20N2O4. The minimum Gasteiger partial charge on any atom is -0.493 e. The molecule has 0 radical (unpaired) electrons. The molecule has 0 saturated heterocycles. The van der Waals surface area contributed by atoms with Gasteiger partial charge in [0.05, 0.1) is 39.8 Å². The van der Waals surface area contributed by atoms with E-state index in [0.29, 0.717) is 23.0 Å². The van der Waals surface area contributed by atoms with Gasteiger partial charge < -0.3 is 18.9 Å². The molecular weight excluding hydrogens is 356 g/mol. The Hall–Kier alpha value is -3.54. The summed E-state index contributed by atoms with van der Waals surface area (Å²) < 4.78 is 21.8. The zero-order valence-corrected chi connectivity index (χ0v) is 16.1. The fraction of sp³-hybridized carbons (Fsp3) is 0.182. The normalized spacial score (nSPS) is 10.9. The van der Waals surface area contributed by atoms with Gasteiger partial charge in [-0.15, -0.1) is 0 Å². The van der Waals surface area contributed by atoms with E-state index in [1.54, 1.807) is 40.8 Å². The number of pyridine rings is 2. The molecule has 0 aliphatic carbocycles. The van der Waals surface area contributed by atoms with Crippen LogP contribution in [0.2, 0.25) is 0 Å². The van der Waals surface area contributed by atoms with Gasteiger partial charge in [0.15, 0.2) is 23.0 Å². The third-order valence-corrected chi connectivity index (χ3v) is 4.76. The molecule has 0 saturated carbocycles. The summed E-state index contributed by atoms with van der Waals surface area (Å²) in [5.41, 5.74) is 1.52. The number of methoxy groups -OCH3 is 4. The topological polar surface area (TPSA) is 62.7 Å². The molecule has 6 heteroatoms. The molecule has 0 unspecified atom stereocenters. The van der Waals surface area contributed by atoms with Gasteiger partial charge in [0.1, 0.15) is 0 Å². The van der Waals surface area contributed by atoms with Gasteiger partial charge in [-0.2, -0.15) is 0 Å². The molecule has 6 nitrogen and oxygen atoms in total. The van der Waals surface area contributed by atoms with Crippen LogP contribution in [0, 0.1) is 0 Å². The Morgan fingerprint density at radius 3 is 1.25 bits per heavy atom. The van der Waals surface area contributed by atoms with Crippen molar-refractivity contribution in [1.82, 2.24) is 9.97 Å². The van der Waals surface area contributed by atoms with Crippen LogP contribution in [-0.4, -0.2) is 38.4 Å². The van der Waals surface area contributed by atoms with Crippen molar-refractivity contribution in [3.8, 4) is 34.4 Å². The second-order valence-electron chi connectivity index (χ2n) is 6.18.